The van der Waals surface area contributed by atoms with Gasteiger partial charge >= 0.3 is 6.18 Å². The van der Waals surface area contributed by atoms with Gasteiger partial charge in [0.25, 0.3) is 0 Å². The minimum Gasteiger partial charge on any atom is -0.204 e. The fourth-order valence-electron chi connectivity index (χ4n) is 1.65. The molecule has 0 nitrogen and oxygen atoms in total. The largest absolute Gasteiger partial charge is 0.416 e. The van der Waals surface area contributed by atoms with E-state index in [1.807, 2.05) is 0 Å². The molecule has 0 radical (unpaired) electrons. The third-order valence-corrected chi connectivity index (χ3v) is 2.60. The summed E-state index contributed by atoms with van der Waals surface area (Å²) in [5.41, 5.74) is -2.30. The molecule has 20 heavy (non-hydrogen) atoms. The summed E-state index contributed by atoms with van der Waals surface area (Å²) >= 11 is 0. The smallest absolute Gasteiger partial charge is 0.204 e. The van der Waals surface area contributed by atoms with Gasteiger partial charge in [0.2, 0.25) is 0 Å². The maximum atomic E-state index is 13.5. The van der Waals surface area contributed by atoms with Gasteiger partial charge in [-0.3, -0.25) is 0 Å². The van der Waals surface area contributed by atoms with Crippen LogP contribution in [-0.2, 0) is 6.18 Å². The van der Waals surface area contributed by atoms with Gasteiger partial charge in [0.1, 0.15) is 0 Å². The molecule has 0 saturated heterocycles. The van der Waals surface area contributed by atoms with Crippen molar-refractivity contribution in [2.24, 2.45) is 0 Å². The number of hydrogen-bond acceptors (Lipinski definition) is 0. The highest BCUT2D eigenvalue weighted by Crippen LogP contribution is 2.34. The van der Waals surface area contributed by atoms with Crippen molar-refractivity contribution in [2.45, 2.75) is 6.18 Å². The molecule has 2 rings (SSSR count). The Morgan fingerprint density at radius 2 is 1.40 bits per heavy atom. The van der Waals surface area contributed by atoms with E-state index >= 15 is 0 Å². The third-order valence-electron chi connectivity index (χ3n) is 2.60. The maximum Gasteiger partial charge on any atom is 0.416 e. The van der Waals surface area contributed by atoms with Crippen molar-refractivity contribution in [1.29, 1.82) is 0 Å². The second-order valence-corrected chi connectivity index (χ2v) is 3.93. The minimum atomic E-state index is -4.69. The van der Waals surface area contributed by atoms with E-state index in [9.17, 15) is 30.7 Å². The van der Waals surface area contributed by atoms with Gasteiger partial charge in [-0.25, -0.2) is 17.6 Å². The first-order chi connectivity index (χ1) is 9.21. The van der Waals surface area contributed by atoms with E-state index in [-0.39, 0.29) is 0 Å². The Kier molecular flexibility index (Phi) is 3.45. The van der Waals surface area contributed by atoms with Gasteiger partial charge < -0.3 is 0 Å². The first-order valence-corrected chi connectivity index (χ1v) is 5.22. The van der Waals surface area contributed by atoms with E-state index in [0.29, 0.717) is 12.1 Å². The number of benzene rings is 2. The monoisotopic (exact) mass is 294 g/mol. The highest BCUT2D eigenvalue weighted by Gasteiger charge is 2.31. The molecule has 0 atom stereocenters. The van der Waals surface area contributed by atoms with Crippen molar-refractivity contribution >= 4 is 0 Å². The molecule has 0 aliphatic carbocycles. The van der Waals surface area contributed by atoms with Crippen LogP contribution in [0.3, 0.4) is 0 Å². The molecule has 2 aromatic carbocycles. The molecule has 0 fully saturated rings. The Hall–Kier alpha value is -2.05. The Bertz CT molecular complexity index is 658. The first kappa shape index (κ1) is 14.4. The lowest BCUT2D eigenvalue weighted by Gasteiger charge is -2.10. The van der Waals surface area contributed by atoms with Crippen LogP contribution in [0.15, 0.2) is 30.3 Å². The number of alkyl halides is 3. The Morgan fingerprint density at radius 1 is 0.750 bits per heavy atom. The lowest BCUT2D eigenvalue weighted by Crippen LogP contribution is -2.05. The fourth-order valence-corrected chi connectivity index (χ4v) is 1.65. The fraction of sp³-hybridized carbons (Fsp3) is 0.0769. The summed E-state index contributed by atoms with van der Waals surface area (Å²) in [7, 11) is 0. The van der Waals surface area contributed by atoms with Gasteiger partial charge in [-0.05, 0) is 23.8 Å². The van der Waals surface area contributed by atoms with Crippen molar-refractivity contribution in [3.8, 4) is 11.1 Å². The standard InChI is InChI=1S/C13H5F7/c14-9-5-8(10(15)12(17)11(9)16)6-2-1-3-7(4-6)13(18,19)20/h1-5H. The van der Waals surface area contributed by atoms with E-state index in [4.69, 9.17) is 0 Å². The highest BCUT2D eigenvalue weighted by atomic mass is 19.4. The predicted octanol–water partition coefficient (Wildman–Crippen LogP) is 4.93. The summed E-state index contributed by atoms with van der Waals surface area (Å²) in [6, 6.07) is 3.54. The van der Waals surface area contributed by atoms with Crippen LogP contribution in [0.1, 0.15) is 5.56 Å². The molecular formula is C13H5F7. The van der Waals surface area contributed by atoms with Crippen molar-refractivity contribution in [1.82, 2.24) is 0 Å². The molecule has 0 N–H and O–H groups in total. The maximum absolute atomic E-state index is 13.5. The second kappa shape index (κ2) is 4.81. The molecule has 0 unspecified atom stereocenters. The molecule has 0 aromatic heterocycles. The molecule has 0 saturated carbocycles. The van der Waals surface area contributed by atoms with Gasteiger partial charge in [0.15, 0.2) is 23.3 Å². The molecule has 2 aromatic rings. The van der Waals surface area contributed by atoms with Gasteiger partial charge in [0.05, 0.1) is 5.56 Å². The quantitative estimate of drug-likeness (QED) is 0.397. The average Bonchev–Trinajstić information content (AvgIpc) is 2.40. The van der Waals surface area contributed by atoms with Crippen molar-refractivity contribution in [3.63, 3.8) is 0 Å². The van der Waals surface area contributed by atoms with Crippen molar-refractivity contribution < 1.29 is 30.7 Å². The van der Waals surface area contributed by atoms with Crippen LogP contribution in [0.4, 0.5) is 30.7 Å². The van der Waals surface area contributed by atoms with E-state index < -0.39 is 46.1 Å². The van der Waals surface area contributed by atoms with E-state index in [1.54, 1.807) is 0 Å². The summed E-state index contributed by atoms with van der Waals surface area (Å²) in [6.45, 7) is 0. The molecule has 0 aliphatic rings. The molecular weight excluding hydrogens is 289 g/mol. The topological polar surface area (TPSA) is 0 Å². The molecule has 0 amide bonds. The number of hydrogen-bond donors (Lipinski definition) is 0. The van der Waals surface area contributed by atoms with E-state index in [1.165, 1.54) is 0 Å². The Labute approximate surface area is 108 Å². The van der Waals surface area contributed by atoms with Gasteiger partial charge in [0, 0.05) is 5.56 Å². The number of halogens is 7. The lowest BCUT2D eigenvalue weighted by molar-refractivity contribution is -0.137. The Balaban J connectivity index is 2.64. The van der Waals surface area contributed by atoms with Gasteiger partial charge in [-0.15, -0.1) is 0 Å². The first-order valence-electron chi connectivity index (χ1n) is 5.22. The zero-order valence-corrected chi connectivity index (χ0v) is 9.53. The molecule has 0 heterocycles. The molecule has 7 heteroatoms. The van der Waals surface area contributed by atoms with Crippen LogP contribution < -0.4 is 0 Å². The molecule has 0 spiro atoms. The molecule has 0 bridgehead atoms. The van der Waals surface area contributed by atoms with E-state index in [0.717, 1.165) is 18.2 Å². The summed E-state index contributed by atoms with van der Waals surface area (Å²) < 4.78 is 89.9. The highest BCUT2D eigenvalue weighted by molar-refractivity contribution is 5.65. The molecule has 0 aliphatic heterocycles. The van der Waals surface area contributed by atoms with E-state index in [2.05, 4.69) is 0 Å². The Morgan fingerprint density at radius 3 is 2.00 bits per heavy atom. The zero-order valence-electron chi connectivity index (χ0n) is 9.53. The summed E-state index contributed by atoms with van der Waals surface area (Å²) in [5, 5.41) is 0. The predicted molar refractivity (Wildman–Crippen MR) is 56.7 cm³/mol. The van der Waals surface area contributed by atoms with Gasteiger partial charge in [-0.2, -0.15) is 13.2 Å². The van der Waals surface area contributed by atoms with Crippen LogP contribution in [0.2, 0.25) is 0 Å². The van der Waals surface area contributed by atoms with Crippen molar-refractivity contribution in [3.05, 3.63) is 59.2 Å². The average molecular weight is 294 g/mol. The lowest BCUT2D eigenvalue weighted by atomic mass is 10.0. The van der Waals surface area contributed by atoms with Crippen LogP contribution in [0.5, 0.6) is 0 Å². The summed E-state index contributed by atoms with van der Waals surface area (Å²) in [5.74, 6) is -7.52. The van der Waals surface area contributed by atoms with Crippen molar-refractivity contribution in [2.75, 3.05) is 0 Å². The third kappa shape index (κ3) is 2.48. The zero-order chi connectivity index (χ0) is 15.1. The van der Waals surface area contributed by atoms with Crippen LogP contribution in [0.25, 0.3) is 11.1 Å². The van der Waals surface area contributed by atoms with Crippen LogP contribution >= 0.6 is 0 Å². The number of rotatable bonds is 1. The van der Waals surface area contributed by atoms with Crippen LogP contribution in [-0.4, -0.2) is 0 Å². The minimum absolute atomic E-state index is 0.309. The van der Waals surface area contributed by atoms with Crippen LogP contribution in [0, 0.1) is 23.3 Å². The SMILES string of the molecule is Fc1cc(-c2cccc(C(F)(F)F)c2)c(F)c(F)c1F. The normalized spacial score (nSPS) is 11.8. The summed E-state index contributed by atoms with van der Waals surface area (Å²) in [4.78, 5) is 0. The summed E-state index contributed by atoms with van der Waals surface area (Å²) in [6.07, 6.45) is -4.69. The second-order valence-electron chi connectivity index (χ2n) is 3.93. The van der Waals surface area contributed by atoms with Gasteiger partial charge in [-0.1, -0.05) is 12.1 Å². The molecule has 106 valence electrons.